The summed E-state index contributed by atoms with van der Waals surface area (Å²) in [5.41, 5.74) is 0.620. The average molecular weight is 266 g/mol. The maximum Gasteiger partial charge on any atom is 0.309 e. The van der Waals surface area contributed by atoms with Gasteiger partial charge in [-0.3, -0.25) is 19.7 Å². The molecule has 7 nitrogen and oxygen atoms in total. The lowest BCUT2D eigenvalue weighted by Crippen LogP contribution is -2.51. The Morgan fingerprint density at radius 2 is 2.05 bits per heavy atom. The Hall–Kier alpha value is -1.47. The molecule has 1 aromatic heterocycles. The second-order valence-electron chi connectivity index (χ2n) is 5.30. The third-order valence-corrected chi connectivity index (χ3v) is 4.10. The van der Waals surface area contributed by atoms with Crippen LogP contribution in [-0.2, 0) is 4.74 Å². The average Bonchev–Trinajstić information content (AvgIpc) is 2.70. The topological polar surface area (TPSA) is 73.4 Å². The van der Waals surface area contributed by atoms with Crippen molar-refractivity contribution in [1.82, 2.24) is 14.7 Å². The molecule has 3 heterocycles. The monoisotopic (exact) mass is 266 g/mol. The van der Waals surface area contributed by atoms with Crippen LogP contribution in [0.2, 0.25) is 0 Å². The van der Waals surface area contributed by atoms with Crippen molar-refractivity contribution in [2.75, 3.05) is 26.3 Å². The quantitative estimate of drug-likeness (QED) is 0.606. The number of aryl methyl sites for hydroxylation is 1. The van der Waals surface area contributed by atoms with E-state index in [-0.39, 0.29) is 16.7 Å². The molecule has 2 aliphatic rings. The van der Waals surface area contributed by atoms with Crippen molar-refractivity contribution in [3.63, 3.8) is 0 Å². The Balaban J connectivity index is 1.64. The molecule has 0 aliphatic carbocycles. The standard InChI is InChI=1S/C12H18N4O3/c1-9-12(16(17)18)6-15(13-9)10-2-4-14(5-3-10)11-7-19-8-11/h6,10-11H,2-5,7-8H2,1H3. The minimum absolute atomic E-state index is 0.120. The van der Waals surface area contributed by atoms with E-state index in [9.17, 15) is 10.1 Å². The van der Waals surface area contributed by atoms with Gasteiger partial charge in [-0.15, -0.1) is 0 Å². The van der Waals surface area contributed by atoms with Crippen LogP contribution in [-0.4, -0.2) is 51.9 Å². The normalized spacial score (nSPS) is 22.4. The maximum atomic E-state index is 10.8. The summed E-state index contributed by atoms with van der Waals surface area (Å²) in [6.45, 7) is 5.42. The fraction of sp³-hybridized carbons (Fsp3) is 0.750. The highest BCUT2D eigenvalue weighted by molar-refractivity contribution is 5.31. The number of aromatic nitrogens is 2. The van der Waals surface area contributed by atoms with Crippen molar-refractivity contribution in [1.29, 1.82) is 0 Å². The molecule has 0 atom stereocenters. The van der Waals surface area contributed by atoms with E-state index in [0.29, 0.717) is 11.7 Å². The maximum absolute atomic E-state index is 10.8. The molecule has 2 fully saturated rings. The Kier molecular flexibility index (Phi) is 3.24. The summed E-state index contributed by atoms with van der Waals surface area (Å²) >= 11 is 0. The number of ether oxygens (including phenoxy) is 1. The molecule has 2 aliphatic heterocycles. The molecule has 19 heavy (non-hydrogen) atoms. The van der Waals surface area contributed by atoms with Crippen LogP contribution >= 0.6 is 0 Å². The van der Waals surface area contributed by atoms with Crippen LogP contribution in [0.1, 0.15) is 24.6 Å². The van der Waals surface area contributed by atoms with Crippen molar-refractivity contribution >= 4 is 5.69 Å². The van der Waals surface area contributed by atoms with E-state index in [1.165, 1.54) is 0 Å². The van der Waals surface area contributed by atoms with Crippen LogP contribution in [0.25, 0.3) is 0 Å². The summed E-state index contributed by atoms with van der Waals surface area (Å²) in [6.07, 6.45) is 3.56. The van der Waals surface area contributed by atoms with Gasteiger partial charge in [0.25, 0.3) is 0 Å². The molecule has 3 rings (SSSR count). The lowest BCUT2D eigenvalue weighted by atomic mass is 10.0. The molecule has 0 aromatic carbocycles. The van der Waals surface area contributed by atoms with E-state index < -0.39 is 0 Å². The van der Waals surface area contributed by atoms with Gasteiger partial charge in [-0.05, 0) is 19.8 Å². The summed E-state index contributed by atoms with van der Waals surface area (Å²) in [5.74, 6) is 0. The first-order valence-corrected chi connectivity index (χ1v) is 6.67. The van der Waals surface area contributed by atoms with Crippen molar-refractivity contribution in [2.45, 2.75) is 31.8 Å². The molecule has 2 saturated heterocycles. The summed E-state index contributed by atoms with van der Waals surface area (Å²) in [6, 6.07) is 0.860. The summed E-state index contributed by atoms with van der Waals surface area (Å²) in [7, 11) is 0. The molecule has 1 aromatic rings. The highest BCUT2D eigenvalue weighted by Gasteiger charge is 2.31. The van der Waals surface area contributed by atoms with E-state index in [4.69, 9.17) is 4.74 Å². The molecule has 0 radical (unpaired) electrons. The Morgan fingerprint density at radius 3 is 2.53 bits per heavy atom. The van der Waals surface area contributed by atoms with Crippen LogP contribution in [0.5, 0.6) is 0 Å². The first kappa shape index (κ1) is 12.6. The van der Waals surface area contributed by atoms with E-state index in [0.717, 1.165) is 39.1 Å². The number of likely N-dealkylation sites (tertiary alicyclic amines) is 1. The van der Waals surface area contributed by atoms with Crippen LogP contribution in [0, 0.1) is 17.0 Å². The molecule has 0 unspecified atom stereocenters. The largest absolute Gasteiger partial charge is 0.378 e. The van der Waals surface area contributed by atoms with E-state index in [1.807, 2.05) is 0 Å². The first-order chi connectivity index (χ1) is 9.15. The van der Waals surface area contributed by atoms with Gasteiger partial charge in [0.05, 0.1) is 30.2 Å². The van der Waals surface area contributed by atoms with Crippen LogP contribution < -0.4 is 0 Å². The van der Waals surface area contributed by atoms with Crippen molar-refractivity contribution < 1.29 is 9.66 Å². The molecule has 0 amide bonds. The Labute approximate surface area is 111 Å². The SMILES string of the molecule is Cc1nn(C2CCN(C3COC3)CC2)cc1[N+](=O)[O-]. The van der Waals surface area contributed by atoms with Crippen molar-refractivity contribution in [2.24, 2.45) is 0 Å². The predicted molar refractivity (Wildman–Crippen MR) is 68.1 cm³/mol. The van der Waals surface area contributed by atoms with Gasteiger partial charge < -0.3 is 4.74 Å². The fourth-order valence-electron chi connectivity index (χ4n) is 2.79. The van der Waals surface area contributed by atoms with E-state index >= 15 is 0 Å². The smallest absolute Gasteiger partial charge is 0.309 e. The van der Waals surface area contributed by atoms with Gasteiger partial charge in [-0.25, -0.2) is 0 Å². The van der Waals surface area contributed by atoms with Gasteiger partial charge in [-0.2, -0.15) is 5.10 Å². The van der Waals surface area contributed by atoms with E-state index in [1.54, 1.807) is 17.8 Å². The highest BCUT2D eigenvalue weighted by Crippen LogP contribution is 2.27. The van der Waals surface area contributed by atoms with Gasteiger partial charge in [0.1, 0.15) is 11.9 Å². The van der Waals surface area contributed by atoms with Crippen molar-refractivity contribution in [3.05, 3.63) is 22.0 Å². The summed E-state index contributed by atoms with van der Waals surface area (Å²) < 4.78 is 6.99. The zero-order chi connectivity index (χ0) is 13.4. The molecular formula is C12H18N4O3. The van der Waals surface area contributed by atoms with E-state index in [2.05, 4.69) is 10.00 Å². The minimum Gasteiger partial charge on any atom is -0.378 e. The molecule has 104 valence electrons. The van der Waals surface area contributed by atoms with Crippen molar-refractivity contribution in [3.8, 4) is 0 Å². The lowest BCUT2D eigenvalue weighted by molar-refractivity contribution is -0.385. The third kappa shape index (κ3) is 2.35. The summed E-state index contributed by atoms with van der Waals surface area (Å²) in [4.78, 5) is 12.9. The van der Waals surface area contributed by atoms with Crippen LogP contribution in [0.3, 0.4) is 0 Å². The number of hydrogen-bond acceptors (Lipinski definition) is 5. The van der Waals surface area contributed by atoms with Gasteiger partial charge in [-0.1, -0.05) is 0 Å². The molecule has 7 heteroatoms. The number of nitrogens with zero attached hydrogens (tertiary/aromatic N) is 4. The molecule has 0 saturated carbocycles. The molecule has 0 spiro atoms. The number of piperidine rings is 1. The number of nitro groups is 1. The highest BCUT2D eigenvalue weighted by atomic mass is 16.6. The zero-order valence-electron chi connectivity index (χ0n) is 11.0. The Bertz CT molecular complexity index is 475. The number of rotatable bonds is 3. The zero-order valence-corrected chi connectivity index (χ0v) is 11.0. The fourth-order valence-corrected chi connectivity index (χ4v) is 2.79. The minimum atomic E-state index is -0.361. The van der Waals surface area contributed by atoms with Crippen LogP contribution in [0.15, 0.2) is 6.20 Å². The molecular weight excluding hydrogens is 248 g/mol. The Morgan fingerprint density at radius 1 is 1.37 bits per heavy atom. The van der Waals surface area contributed by atoms with Gasteiger partial charge in [0.15, 0.2) is 0 Å². The van der Waals surface area contributed by atoms with Gasteiger partial charge in [0, 0.05) is 13.1 Å². The molecule has 0 N–H and O–H groups in total. The second kappa shape index (κ2) is 4.90. The molecule has 0 bridgehead atoms. The predicted octanol–water partition coefficient (Wildman–Crippen LogP) is 1.14. The van der Waals surface area contributed by atoms with Gasteiger partial charge in [0.2, 0.25) is 0 Å². The number of hydrogen-bond donors (Lipinski definition) is 0. The van der Waals surface area contributed by atoms with Crippen LogP contribution in [0.4, 0.5) is 5.69 Å². The van der Waals surface area contributed by atoms with Gasteiger partial charge >= 0.3 is 5.69 Å². The second-order valence-corrected chi connectivity index (χ2v) is 5.30. The first-order valence-electron chi connectivity index (χ1n) is 6.67. The third-order valence-electron chi connectivity index (χ3n) is 4.10. The lowest BCUT2D eigenvalue weighted by Gasteiger charge is -2.41. The summed E-state index contributed by atoms with van der Waals surface area (Å²) in [5, 5.41) is 15.1.